The lowest BCUT2D eigenvalue weighted by atomic mass is 10.1. The predicted octanol–water partition coefficient (Wildman–Crippen LogP) is 2.69. The quantitative estimate of drug-likeness (QED) is 0.735. The van der Waals surface area contributed by atoms with E-state index in [9.17, 15) is 9.90 Å². The highest BCUT2D eigenvalue weighted by molar-refractivity contribution is 5.92. The Morgan fingerprint density at radius 3 is 2.52 bits per heavy atom. The number of amides is 1. The van der Waals surface area contributed by atoms with Crippen molar-refractivity contribution in [2.45, 2.75) is 19.9 Å². The van der Waals surface area contributed by atoms with Crippen molar-refractivity contribution in [3.05, 3.63) is 59.7 Å². The molecule has 0 atom stereocenters. The van der Waals surface area contributed by atoms with Gasteiger partial charge in [-0.3, -0.25) is 9.69 Å². The SMILES string of the molecule is CCc1ccc(NC(=O)CN(CCO)Cc2ccccc2OC)cc1. The Hall–Kier alpha value is -2.37. The number of nitrogens with zero attached hydrogens (tertiary/aromatic N) is 1. The first-order valence-corrected chi connectivity index (χ1v) is 8.50. The number of ether oxygens (including phenoxy) is 1. The van der Waals surface area contributed by atoms with Crippen molar-refractivity contribution in [3.8, 4) is 5.75 Å². The summed E-state index contributed by atoms with van der Waals surface area (Å²) in [5, 5.41) is 12.2. The second-order valence-corrected chi connectivity index (χ2v) is 5.84. The molecule has 0 spiro atoms. The largest absolute Gasteiger partial charge is 0.496 e. The molecule has 2 aromatic rings. The van der Waals surface area contributed by atoms with E-state index in [1.807, 2.05) is 53.4 Å². The summed E-state index contributed by atoms with van der Waals surface area (Å²) in [6.07, 6.45) is 0.970. The maximum Gasteiger partial charge on any atom is 0.238 e. The van der Waals surface area contributed by atoms with Crippen LogP contribution in [0.1, 0.15) is 18.1 Å². The van der Waals surface area contributed by atoms with Crippen molar-refractivity contribution < 1.29 is 14.6 Å². The Labute approximate surface area is 149 Å². The van der Waals surface area contributed by atoms with Gasteiger partial charge in [-0.05, 0) is 30.2 Å². The molecule has 2 rings (SSSR count). The number of aliphatic hydroxyl groups excluding tert-OH is 1. The standard InChI is InChI=1S/C20H26N2O3/c1-3-16-8-10-18(11-9-16)21-20(24)15-22(12-13-23)14-17-6-4-5-7-19(17)25-2/h4-11,23H,3,12-15H2,1-2H3,(H,21,24). The Balaban J connectivity index is 1.98. The highest BCUT2D eigenvalue weighted by Gasteiger charge is 2.13. The van der Waals surface area contributed by atoms with Gasteiger partial charge in [0, 0.05) is 24.3 Å². The maximum atomic E-state index is 12.3. The zero-order valence-electron chi connectivity index (χ0n) is 14.9. The average molecular weight is 342 g/mol. The molecule has 2 aromatic carbocycles. The van der Waals surface area contributed by atoms with Gasteiger partial charge in [-0.2, -0.15) is 0 Å². The summed E-state index contributed by atoms with van der Waals surface area (Å²) in [7, 11) is 1.63. The molecule has 1 amide bonds. The molecule has 0 saturated carbocycles. The minimum Gasteiger partial charge on any atom is -0.496 e. The van der Waals surface area contributed by atoms with E-state index in [2.05, 4.69) is 12.2 Å². The molecule has 0 aliphatic rings. The summed E-state index contributed by atoms with van der Waals surface area (Å²) in [5.41, 5.74) is 3.00. The lowest BCUT2D eigenvalue weighted by Gasteiger charge is -2.22. The van der Waals surface area contributed by atoms with Crippen LogP contribution in [0.15, 0.2) is 48.5 Å². The molecule has 0 aliphatic carbocycles. The van der Waals surface area contributed by atoms with E-state index in [4.69, 9.17) is 4.74 Å². The van der Waals surface area contributed by atoms with E-state index < -0.39 is 0 Å². The number of hydrogen-bond donors (Lipinski definition) is 2. The first-order valence-electron chi connectivity index (χ1n) is 8.50. The highest BCUT2D eigenvalue weighted by atomic mass is 16.5. The third kappa shape index (κ3) is 5.89. The number of nitrogens with one attached hydrogen (secondary N) is 1. The molecule has 0 aromatic heterocycles. The molecule has 5 nitrogen and oxygen atoms in total. The number of rotatable bonds is 9. The second-order valence-electron chi connectivity index (χ2n) is 5.84. The van der Waals surface area contributed by atoms with Gasteiger partial charge in [0.15, 0.2) is 0 Å². The van der Waals surface area contributed by atoms with Crippen LogP contribution in [0.25, 0.3) is 0 Å². The molecule has 25 heavy (non-hydrogen) atoms. The zero-order valence-corrected chi connectivity index (χ0v) is 14.9. The molecule has 0 aliphatic heterocycles. The minimum atomic E-state index is -0.104. The molecule has 134 valence electrons. The lowest BCUT2D eigenvalue weighted by Crippen LogP contribution is -2.35. The Morgan fingerprint density at radius 1 is 1.16 bits per heavy atom. The van der Waals surface area contributed by atoms with Crippen LogP contribution < -0.4 is 10.1 Å². The molecule has 0 heterocycles. The number of benzene rings is 2. The fraction of sp³-hybridized carbons (Fsp3) is 0.350. The summed E-state index contributed by atoms with van der Waals surface area (Å²) in [5.74, 6) is 0.675. The van der Waals surface area contributed by atoms with Gasteiger partial charge in [-0.25, -0.2) is 0 Å². The molecule has 2 N–H and O–H groups in total. The van der Waals surface area contributed by atoms with Crippen LogP contribution >= 0.6 is 0 Å². The molecule has 0 bridgehead atoms. The van der Waals surface area contributed by atoms with Crippen molar-refractivity contribution in [1.82, 2.24) is 4.90 Å². The van der Waals surface area contributed by atoms with Crippen LogP contribution in [0.4, 0.5) is 5.69 Å². The summed E-state index contributed by atoms with van der Waals surface area (Å²) < 4.78 is 5.36. The smallest absolute Gasteiger partial charge is 0.238 e. The van der Waals surface area contributed by atoms with E-state index in [-0.39, 0.29) is 19.1 Å². The number of anilines is 1. The van der Waals surface area contributed by atoms with Gasteiger partial charge < -0.3 is 15.2 Å². The van der Waals surface area contributed by atoms with Gasteiger partial charge in [0.05, 0.1) is 20.3 Å². The summed E-state index contributed by atoms with van der Waals surface area (Å²) in [6.45, 7) is 3.24. The molecular weight excluding hydrogens is 316 g/mol. The monoisotopic (exact) mass is 342 g/mol. The first-order chi connectivity index (χ1) is 12.2. The number of aliphatic hydroxyl groups is 1. The second kappa shape index (κ2) is 9.81. The van der Waals surface area contributed by atoms with E-state index >= 15 is 0 Å². The Kier molecular flexibility index (Phi) is 7.44. The van der Waals surface area contributed by atoms with Gasteiger partial charge in [0.25, 0.3) is 0 Å². The van der Waals surface area contributed by atoms with Gasteiger partial charge in [0.1, 0.15) is 5.75 Å². The van der Waals surface area contributed by atoms with Crippen molar-refractivity contribution in [2.75, 3.05) is 32.1 Å². The normalized spacial score (nSPS) is 10.7. The average Bonchev–Trinajstić information content (AvgIpc) is 2.63. The third-order valence-electron chi connectivity index (χ3n) is 4.02. The molecule has 0 radical (unpaired) electrons. The number of carbonyl (C=O) groups excluding carboxylic acids is 1. The topological polar surface area (TPSA) is 61.8 Å². The third-order valence-corrected chi connectivity index (χ3v) is 4.02. The molecule has 0 fully saturated rings. The van der Waals surface area contributed by atoms with Gasteiger partial charge in [-0.1, -0.05) is 37.3 Å². The number of carbonyl (C=O) groups is 1. The van der Waals surface area contributed by atoms with Crippen LogP contribution in [-0.4, -0.2) is 42.7 Å². The van der Waals surface area contributed by atoms with Gasteiger partial charge in [-0.15, -0.1) is 0 Å². The van der Waals surface area contributed by atoms with Crippen LogP contribution in [0.3, 0.4) is 0 Å². The minimum absolute atomic E-state index is 0.00632. The van der Waals surface area contributed by atoms with E-state index in [1.54, 1.807) is 7.11 Å². The molecule has 0 saturated heterocycles. The zero-order chi connectivity index (χ0) is 18.1. The lowest BCUT2D eigenvalue weighted by molar-refractivity contribution is -0.117. The molecule has 5 heteroatoms. The number of methoxy groups -OCH3 is 1. The van der Waals surface area contributed by atoms with Crippen molar-refractivity contribution in [1.29, 1.82) is 0 Å². The number of hydrogen-bond acceptors (Lipinski definition) is 4. The van der Waals surface area contributed by atoms with Crippen LogP contribution in [0.5, 0.6) is 5.75 Å². The summed E-state index contributed by atoms with van der Waals surface area (Å²) in [4.78, 5) is 14.2. The van der Waals surface area contributed by atoms with Crippen LogP contribution in [0, 0.1) is 0 Å². The molecular formula is C20H26N2O3. The number of aryl methyl sites for hydroxylation is 1. The first kappa shape index (κ1) is 19.0. The Bertz CT molecular complexity index is 671. The van der Waals surface area contributed by atoms with Crippen molar-refractivity contribution in [2.24, 2.45) is 0 Å². The van der Waals surface area contributed by atoms with Crippen LogP contribution in [-0.2, 0) is 17.8 Å². The predicted molar refractivity (Wildman–Crippen MR) is 99.8 cm³/mol. The maximum absolute atomic E-state index is 12.3. The van der Waals surface area contributed by atoms with Crippen molar-refractivity contribution >= 4 is 11.6 Å². The van der Waals surface area contributed by atoms with Gasteiger partial charge in [0.2, 0.25) is 5.91 Å². The molecule has 0 unspecified atom stereocenters. The highest BCUT2D eigenvalue weighted by Crippen LogP contribution is 2.19. The summed E-state index contributed by atoms with van der Waals surface area (Å²) in [6, 6.07) is 15.5. The Morgan fingerprint density at radius 2 is 1.88 bits per heavy atom. The summed E-state index contributed by atoms with van der Waals surface area (Å²) >= 11 is 0. The van der Waals surface area contributed by atoms with Gasteiger partial charge >= 0.3 is 0 Å². The van der Waals surface area contributed by atoms with E-state index in [0.29, 0.717) is 13.1 Å². The fourth-order valence-electron chi connectivity index (χ4n) is 2.66. The van der Waals surface area contributed by atoms with E-state index in [1.165, 1.54) is 5.56 Å². The van der Waals surface area contributed by atoms with E-state index in [0.717, 1.165) is 23.4 Å². The number of para-hydroxylation sites is 1. The fourth-order valence-corrected chi connectivity index (χ4v) is 2.66. The van der Waals surface area contributed by atoms with Crippen molar-refractivity contribution in [3.63, 3.8) is 0 Å². The van der Waals surface area contributed by atoms with Crippen LogP contribution in [0.2, 0.25) is 0 Å².